The summed E-state index contributed by atoms with van der Waals surface area (Å²) in [5.41, 5.74) is 1.24. The van der Waals surface area contributed by atoms with E-state index in [4.69, 9.17) is 9.47 Å². The number of piperidine rings is 1. The van der Waals surface area contributed by atoms with Crippen molar-refractivity contribution in [3.8, 4) is 11.5 Å². The average molecular weight is 445 g/mol. The van der Waals surface area contributed by atoms with Crippen LogP contribution in [0.3, 0.4) is 0 Å². The smallest absolute Gasteiger partial charge is 0.248 e. The van der Waals surface area contributed by atoms with Crippen LogP contribution in [0.4, 0.5) is 5.69 Å². The number of benzene rings is 2. The van der Waals surface area contributed by atoms with Gasteiger partial charge in [0, 0.05) is 24.9 Å². The van der Waals surface area contributed by atoms with Gasteiger partial charge in [0.05, 0.1) is 13.7 Å². The molecule has 1 fully saturated rings. The number of carbonyl (C=O) groups is 1. The maximum absolute atomic E-state index is 13.2. The van der Waals surface area contributed by atoms with Crippen molar-refractivity contribution in [1.82, 2.24) is 4.31 Å². The number of rotatable bonds is 8. The predicted molar refractivity (Wildman–Crippen MR) is 121 cm³/mol. The van der Waals surface area contributed by atoms with Crippen LogP contribution < -0.4 is 14.8 Å². The predicted octanol–water partition coefficient (Wildman–Crippen LogP) is 3.92. The Kier molecular flexibility index (Phi) is 7.70. The number of amides is 1. The normalized spacial score (nSPS) is 15.0. The maximum atomic E-state index is 13.2. The minimum Gasteiger partial charge on any atom is -0.497 e. The van der Waals surface area contributed by atoms with Crippen molar-refractivity contribution in [2.45, 2.75) is 31.1 Å². The van der Waals surface area contributed by atoms with Crippen LogP contribution in [0.25, 0.3) is 6.08 Å². The molecule has 2 aromatic rings. The van der Waals surface area contributed by atoms with Gasteiger partial charge in [-0.15, -0.1) is 0 Å². The van der Waals surface area contributed by atoms with Gasteiger partial charge in [0.2, 0.25) is 15.9 Å². The van der Waals surface area contributed by atoms with Gasteiger partial charge in [0.25, 0.3) is 0 Å². The van der Waals surface area contributed by atoms with E-state index in [1.165, 1.54) is 16.4 Å². The standard InChI is InChI=1S/C23H28N2O5S/c1-3-30-21-13-10-19(17-22(21)31(27,28)25-15-5-4-6-16-25)24-23(26)14-9-18-7-11-20(29-2)12-8-18/h7-14,17H,3-6,15-16H2,1-2H3,(H,24,26)/b14-9+. The maximum Gasteiger partial charge on any atom is 0.248 e. The highest BCUT2D eigenvalue weighted by Crippen LogP contribution is 2.31. The molecule has 0 aromatic heterocycles. The molecule has 1 heterocycles. The molecular formula is C23H28N2O5S. The van der Waals surface area contributed by atoms with E-state index in [-0.39, 0.29) is 10.8 Å². The zero-order valence-corrected chi connectivity index (χ0v) is 18.7. The van der Waals surface area contributed by atoms with Crippen LogP contribution in [-0.2, 0) is 14.8 Å². The first-order chi connectivity index (χ1) is 14.9. The second-order valence-electron chi connectivity index (χ2n) is 7.16. The van der Waals surface area contributed by atoms with E-state index in [2.05, 4.69) is 5.32 Å². The number of nitrogens with one attached hydrogen (secondary N) is 1. The topological polar surface area (TPSA) is 84.9 Å². The first-order valence-electron chi connectivity index (χ1n) is 10.3. The fourth-order valence-electron chi connectivity index (χ4n) is 3.38. The van der Waals surface area contributed by atoms with Crippen molar-refractivity contribution in [2.24, 2.45) is 0 Å². The molecule has 1 aliphatic heterocycles. The Bertz CT molecular complexity index is 1030. The van der Waals surface area contributed by atoms with E-state index < -0.39 is 10.0 Å². The summed E-state index contributed by atoms with van der Waals surface area (Å²) in [6, 6.07) is 12.0. The lowest BCUT2D eigenvalue weighted by molar-refractivity contribution is -0.111. The molecule has 1 N–H and O–H groups in total. The molecule has 0 spiro atoms. The molecule has 166 valence electrons. The molecule has 7 nitrogen and oxygen atoms in total. The summed E-state index contributed by atoms with van der Waals surface area (Å²) in [6.07, 6.45) is 5.79. The summed E-state index contributed by atoms with van der Waals surface area (Å²) >= 11 is 0. The molecule has 2 aromatic carbocycles. The third-order valence-electron chi connectivity index (χ3n) is 4.99. The molecule has 0 radical (unpaired) electrons. The summed E-state index contributed by atoms with van der Waals surface area (Å²) in [5, 5.41) is 2.73. The van der Waals surface area contributed by atoms with Crippen LogP contribution in [0.5, 0.6) is 11.5 Å². The summed E-state index contributed by atoms with van der Waals surface area (Å²) in [5.74, 6) is 0.666. The minimum atomic E-state index is -3.71. The third kappa shape index (κ3) is 5.86. The van der Waals surface area contributed by atoms with Gasteiger partial charge in [-0.3, -0.25) is 4.79 Å². The number of hydrogen-bond donors (Lipinski definition) is 1. The van der Waals surface area contributed by atoms with Gasteiger partial charge in [-0.25, -0.2) is 8.42 Å². The molecule has 1 amide bonds. The zero-order valence-electron chi connectivity index (χ0n) is 17.8. The number of methoxy groups -OCH3 is 1. The second kappa shape index (κ2) is 10.5. The summed E-state index contributed by atoms with van der Waals surface area (Å²) < 4.78 is 38.5. The highest BCUT2D eigenvalue weighted by atomic mass is 32.2. The Balaban J connectivity index is 1.78. The Morgan fingerprint density at radius 2 is 1.81 bits per heavy atom. The quantitative estimate of drug-likeness (QED) is 0.624. The molecule has 3 rings (SSSR count). The second-order valence-corrected chi connectivity index (χ2v) is 9.06. The molecule has 0 aliphatic carbocycles. The van der Waals surface area contributed by atoms with Gasteiger partial charge in [0.15, 0.2) is 0 Å². The average Bonchev–Trinajstić information content (AvgIpc) is 2.79. The lowest BCUT2D eigenvalue weighted by Gasteiger charge is -2.26. The SMILES string of the molecule is CCOc1ccc(NC(=O)/C=C/c2ccc(OC)cc2)cc1S(=O)(=O)N1CCCCC1. The molecule has 0 saturated carbocycles. The zero-order chi connectivity index (χ0) is 22.3. The van der Waals surface area contributed by atoms with Crippen LogP contribution in [0, 0.1) is 0 Å². The van der Waals surface area contributed by atoms with Crippen molar-refractivity contribution in [3.05, 3.63) is 54.1 Å². The van der Waals surface area contributed by atoms with Crippen molar-refractivity contribution in [1.29, 1.82) is 0 Å². The van der Waals surface area contributed by atoms with Gasteiger partial charge in [-0.05, 0) is 61.7 Å². The van der Waals surface area contributed by atoms with Gasteiger partial charge >= 0.3 is 0 Å². The highest BCUT2D eigenvalue weighted by Gasteiger charge is 2.29. The number of nitrogens with zero attached hydrogens (tertiary/aromatic N) is 1. The highest BCUT2D eigenvalue weighted by molar-refractivity contribution is 7.89. The van der Waals surface area contributed by atoms with E-state index in [9.17, 15) is 13.2 Å². The fourth-order valence-corrected chi connectivity index (χ4v) is 5.05. The first-order valence-corrected chi connectivity index (χ1v) is 11.8. The van der Waals surface area contributed by atoms with Gasteiger partial charge in [-0.1, -0.05) is 18.6 Å². The molecule has 31 heavy (non-hydrogen) atoms. The van der Waals surface area contributed by atoms with Crippen LogP contribution in [0.2, 0.25) is 0 Å². The van der Waals surface area contributed by atoms with Gasteiger partial charge in [-0.2, -0.15) is 4.31 Å². The Morgan fingerprint density at radius 3 is 2.45 bits per heavy atom. The van der Waals surface area contributed by atoms with Crippen LogP contribution in [-0.4, -0.2) is 45.4 Å². The van der Waals surface area contributed by atoms with E-state index in [0.29, 0.717) is 31.1 Å². The number of sulfonamides is 1. The fraction of sp³-hybridized carbons (Fsp3) is 0.348. The lowest BCUT2D eigenvalue weighted by atomic mass is 10.2. The Morgan fingerprint density at radius 1 is 1.10 bits per heavy atom. The van der Waals surface area contributed by atoms with Crippen LogP contribution in [0.15, 0.2) is 53.4 Å². The van der Waals surface area contributed by atoms with E-state index in [0.717, 1.165) is 30.6 Å². The summed E-state index contributed by atoms with van der Waals surface area (Å²) in [4.78, 5) is 12.4. The van der Waals surface area contributed by atoms with Gasteiger partial charge in [0.1, 0.15) is 16.4 Å². The van der Waals surface area contributed by atoms with Crippen molar-refractivity contribution >= 4 is 27.7 Å². The number of carbonyl (C=O) groups excluding carboxylic acids is 1. The van der Waals surface area contributed by atoms with E-state index in [1.54, 1.807) is 32.2 Å². The van der Waals surface area contributed by atoms with Crippen molar-refractivity contribution in [3.63, 3.8) is 0 Å². The Hall–Kier alpha value is -2.84. The molecular weight excluding hydrogens is 416 g/mol. The van der Waals surface area contributed by atoms with E-state index in [1.807, 2.05) is 24.3 Å². The molecule has 0 unspecified atom stereocenters. The van der Waals surface area contributed by atoms with Crippen molar-refractivity contribution in [2.75, 3.05) is 32.1 Å². The molecule has 0 bridgehead atoms. The molecule has 0 atom stereocenters. The Labute approximate surface area is 183 Å². The largest absolute Gasteiger partial charge is 0.497 e. The molecule has 1 aliphatic rings. The van der Waals surface area contributed by atoms with Crippen LogP contribution in [0.1, 0.15) is 31.7 Å². The first kappa shape index (κ1) is 22.8. The van der Waals surface area contributed by atoms with Gasteiger partial charge < -0.3 is 14.8 Å². The molecule has 1 saturated heterocycles. The number of ether oxygens (including phenoxy) is 2. The summed E-state index contributed by atoms with van der Waals surface area (Å²) in [7, 11) is -2.12. The monoisotopic (exact) mass is 444 g/mol. The lowest BCUT2D eigenvalue weighted by Crippen LogP contribution is -2.35. The molecule has 8 heteroatoms. The number of anilines is 1. The number of hydrogen-bond acceptors (Lipinski definition) is 5. The van der Waals surface area contributed by atoms with E-state index >= 15 is 0 Å². The van der Waals surface area contributed by atoms with Crippen molar-refractivity contribution < 1.29 is 22.7 Å². The third-order valence-corrected chi connectivity index (χ3v) is 6.91. The summed E-state index contributed by atoms with van der Waals surface area (Å²) in [6.45, 7) is 3.14. The van der Waals surface area contributed by atoms with Crippen LogP contribution >= 0.6 is 0 Å². The minimum absolute atomic E-state index is 0.0770.